The van der Waals surface area contributed by atoms with Gasteiger partial charge in [0.25, 0.3) is 5.91 Å². The quantitative estimate of drug-likeness (QED) is 0.317. The van der Waals surface area contributed by atoms with Crippen LogP contribution in [-0.4, -0.2) is 34.0 Å². The molecule has 0 aliphatic heterocycles. The van der Waals surface area contributed by atoms with Crippen LogP contribution in [0.1, 0.15) is 55.7 Å². The van der Waals surface area contributed by atoms with Gasteiger partial charge < -0.3 is 14.6 Å². The number of fused-ring (bicyclic) bond motifs is 1. The van der Waals surface area contributed by atoms with Crippen LogP contribution in [0.3, 0.4) is 0 Å². The third-order valence-corrected chi connectivity index (χ3v) is 6.34. The van der Waals surface area contributed by atoms with Gasteiger partial charge in [0.15, 0.2) is 0 Å². The number of carbonyl (C=O) groups excluding carboxylic acids is 1. The third-order valence-electron chi connectivity index (χ3n) is 6.34. The standard InChI is InChI=1S/C28H27F3N2O5/c1-16(2)25(27(35)36)33-26(34)24-14-18-7-8-21(15-22(18)23(32-24)13-17-5-3-4-6-17)37-19-9-11-20(12-10-19)38-28(29,30)31/h7-12,14-17H,3-6,13H2,1-2H3,(H,35,36). The summed E-state index contributed by atoms with van der Waals surface area (Å²) in [5.41, 5.74) is 0.525. The Morgan fingerprint density at radius 2 is 1.66 bits per heavy atom. The second-order valence-electron chi connectivity index (χ2n) is 9.58. The zero-order chi connectivity index (χ0) is 27.4. The van der Waals surface area contributed by atoms with Crippen LogP contribution < -0.4 is 9.47 Å². The average Bonchev–Trinajstić information content (AvgIpc) is 3.35. The molecule has 1 N–H and O–H groups in total. The molecule has 3 aromatic rings. The number of aliphatic imine (C=N–C) groups is 1. The van der Waals surface area contributed by atoms with Gasteiger partial charge in [0, 0.05) is 17.0 Å². The fourth-order valence-electron chi connectivity index (χ4n) is 4.55. The van der Waals surface area contributed by atoms with E-state index in [-0.39, 0.29) is 17.2 Å². The molecule has 1 aromatic heterocycles. The van der Waals surface area contributed by atoms with Crippen LogP contribution in [0.25, 0.3) is 10.8 Å². The number of rotatable bonds is 8. The molecular weight excluding hydrogens is 501 g/mol. The van der Waals surface area contributed by atoms with Crippen molar-refractivity contribution in [2.75, 3.05) is 0 Å². The minimum atomic E-state index is -4.78. The summed E-state index contributed by atoms with van der Waals surface area (Å²) in [6.07, 6.45) is 0.231. The lowest BCUT2D eigenvalue weighted by Crippen LogP contribution is -2.21. The number of alkyl halides is 3. The van der Waals surface area contributed by atoms with Crippen molar-refractivity contribution in [3.8, 4) is 17.2 Å². The van der Waals surface area contributed by atoms with Crippen molar-refractivity contribution in [3.63, 3.8) is 0 Å². The highest BCUT2D eigenvalue weighted by Gasteiger charge is 2.31. The highest BCUT2D eigenvalue weighted by Crippen LogP contribution is 2.33. The maximum Gasteiger partial charge on any atom is 0.573 e. The number of hydrogen-bond donors (Lipinski definition) is 1. The van der Waals surface area contributed by atoms with Crippen molar-refractivity contribution in [1.29, 1.82) is 0 Å². The van der Waals surface area contributed by atoms with Crippen molar-refractivity contribution in [2.24, 2.45) is 16.8 Å². The molecule has 4 rings (SSSR count). The van der Waals surface area contributed by atoms with E-state index < -0.39 is 24.2 Å². The van der Waals surface area contributed by atoms with E-state index in [4.69, 9.17) is 4.74 Å². The van der Waals surface area contributed by atoms with Crippen LogP contribution in [0, 0.1) is 11.8 Å². The summed E-state index contributed by atoms with van der Waals surface area (Å²) in [4.78, 5) is 32.9. The Hall–Kier alpha value is -3.95. The fourth-order valence-corrected chi connectivity index (χ4v) is 4.55. The first-order valence-corrected chi connectivity index (χ1v) is 12.3. The lowest BCUT2D eigenvalue weighted by Gasteiger charge is -2.14. The number of ether oxygens (including phenoxy) is 2. The zero-order valence-corrected chi connectivity index (χ0v) is 20.9. The predicted octanol–water partition coefficient (Wildman–Crippen LogP) is 6.98. The molecule has 38 heavy (non-hydrogen) atoms. The van der Waals surface area contributed by atoms with Gasteiger partial charge in [-0.25, -0.2) is 14.8 Å². The summed E-state index contributed by atoms with van der Waals surface area (Å²) in [7, 11) is 0. The summed E-state index contributed by atoms with van der Waals surface area (Å²) in [6.45, 7) is 3.30. The second-order valence-corrected chi connectivity index (χ2v) is 9.58. The Balaban J connectivity index is 1.67. The van der Waals surface area contributed by atoms with E-state index in [1.807, 2.05) is 0 Å². The van der Waals surface area contributed by atoms with Crippen LogP contribution in [0.15, 0.2) is 53.5 Å². The van der Waals surface area contributed by atoms with Crippen LogP contribution in [0.4, 0.5) is 13.2 Å². The minimum Gasteiger partial charge on any atom is -0.477 e. The molecule has 1 aliphatic carbocycles. The van der Waals surface area contributed by atoms with Crippen molar-refractivity contribution < 1.29 is 37.3 Å². The Bertz CT molecular complexity index is 1360. The number of nitrogens with zero attached hydrogens (tertiary/aromatic N) is 2. The molecule has 2 aromatic carbocycles. The van der Waals surface area contributed by atoms with E-state index in [0.29, 0.717) is 34.9 Å². The number of carbonyl (C=O) groups is 2. The third kappa shape index (κ3) is 6.87. The molecule has 0 unspecified atom stereocenters. The maximum atomic E-state index is 12.9. The van der Waals surface area contributed by atoms with Crippen molar-refractivity contribution >= 4 is 28.4 Å². The lowest BCUT2D eigenvalue weighted by atomic mass is 9.97. The van der Waals surface area contributed by atoms with Gasteiger partial charge in [0.2, 0.25) is 0 Å². The molecule has 0 bridgehead atoms. The molecule has 1 amide bonds. The number of halogens is 3. The molecular formula is C28H27F3N2O5. The van der Waals surface area contributed by atoms with E-state index in [1.54, 1.807) is 38.1 Å². The van der Waals surface area contributed by atoms with Crippen LogP contribution in [0.2, 0.25) is 0 Å². The molecule has 1 aliphatic rings. The number of pyridine rings is 1. The zero-order valence-electron chi connectivity index (χ0n) is 20.9. The predicted molar refractivity (Wildman–Crippen MR) is 135 cm³/mol. The number of aromatic nitrogens is 1. The van der Waals surface area contributed by atoms with E-state index >= 15 is 0 Å². The van der Waals surface area contributed by atoms with E-state index in [9.17, 15) is 27.9 Å². The summed E-state index contributed by atoms with van der Waals surface area (Å²) >= 11 is 0. The smallest absolute Gasteiger partial charge is 0.477 e. The first-order chi connectivity index (χ1) is 18.0. The molecule has 10 heteroatoms. The Kier molecular flexibility index (Phi) is 7.99. The number of hydrogen-bond acceptors (Lipinski definition) is 5. The van der Waals surface area contributed by atoms with Gasteiger partial charge in [-0.15, -0.1) is 13.2 Å². The van der Waals surface area contributed by atoms with Crippen molar-refractivity contribution in [2.45, 2.75) is 52.3 Å². The molecule has 1 heterocycles. The molecule has 7 nitrogen and oxygen atoms in total. The topological polar surface area (TPSA) is 98.1 Å². The van der Waals surface area contributed by atoms with Crippen LogP contribution in [0.5, 0.6) is 17.2 Å². The first-order valence-electron chi connectivity index (χ1n) is 12.3. The Labute approximate surface area is 217 Å². The Morgan fingerprint density at radius 3 is 2.26 bits per heavy atom. The molecule has 1 fully saturated rings. The Morgan fingerprint density at radius 1 is 1.03 bits per heavy atom. The minimum absolute atomic E-state index is 0.0684. The summed E-state index contributed by atoms with van der Waals surface area (Å²) < 4.78 is 47.0. The van der Waals surface area contributed by atoms with Crippen molar-refractivity contribution in [3.05, 3.63) is 59.9 Å². The lowest BCUT2D eigenvalue weighted by molar-refractivity contribution is -0.274. The SMILES string of the molecule is CC(C)C(=NC(=O)c1cc2ccc(Oc3ccc(OC(F)(F)F)cc3)cc2c(CC2CCCC2)n1)C(=O)O. The maximum absolute atomic E-state index is 12.9. The van der Waals surface area contributed by atoms with Crippen molar-refractivity contribution in [1.82, 2.24) is 4.98 Å². The monoisotopic (exact) mass is 528 g/mol. The number of carboxylic acid groups (broad SMARTS) is 1. The first kappa shape index (κ1) is 27.1. The molecule has 0 saturated heterocycles. The van der Waals surface area contributed by atoms with Crippen LogP contribution in [-0.2, 0) is 11.2 Å². The number of carboxylic acids is 1. The normalized spacial score (nSPS) is 14.7. The highest BCUT2D eigenvalue weighted by atomic mass is 19.4. The van der Waals surface area contributed by atoms with Gasteiger partial charge in [-0.3, -0.25) is 4.79 Å². The van der Waals surface area contributed by atoms with E-state index in [2.05, 4.69) is 14.7 Å². The van der Waals surface area contributed by atoms with E-state index in [0.717, 1.165) is 43.2 Å². The number of aliphatic carboxylic acids is 1. The highest BCUT2D eigenvalue weighted by molar-refractivity contribution is 6.38. The summed E-state index contributed by atoms with van der Waals surface area (Å²) in [5.74, 6) is -1.58. The van der Waals surface area contributed by atoms with Crippen LogP contribution >= 0.6 is 0 Å². The average molecular weight is 529 g/mol. The molecule has 0 atom stereocenters. The largest absolute Gasteiger partial charge is 0.573 e. The summed E-state index contributed by atoms with van der Waals surface area (Å²) in [5, 5.41) is 10.9. The van der Waals surface area contributed by atoms with E-state index in [1.165, 1.54) is 12.1 Å². The number of amides is 1. The molecule has 1 saturated carbocycles. The molecule has 0 radical (unpaired) electrons. The van der Waals surface area contributed by atoms with Gasteiger partial charge >= 0.3 is 12.3 Å². The van der Waals surface area contributed by atoms with Gasteiger partial charge in [-0.05, 0) is 60.2 Å². The molecule has 200 valence electrons. The van der Waals surface area contributed by atoms with Gasteiger partial charge in [0.05, 0.1) is 0 Å². The second kappa shape index (κ2) is 11.2. The van der Waals surface area contributed by atoms with Gasteiger partial charge in [-0.2, -0.15) is 0 Å². The summed E-state index contributed by atoms with van der Waals surface area (Å²) in [6, 6.07) is 11.9. The number of benzene rings is 2. The molecule has 0 spiro atoms. The van der Waals surface area contributed by atoms with Gasteiger partial charge in [0.1, 0.15) is 28.7 Å². The van der Waals surface area contributed by atoms with Gasteiger partial charge in [-0.1, -0.05) is 45.6 Å². The fraction of sp³-hybridized carbons (Fsp3) is 0.357.